The highest BCUT2D eigenvalue weighted by atomic mass is 19.4. The average molecular weight is 309 g/mol. The fraction of sp³-hybridized carbons (Fsp3) is 0.333. The quantitative estimate of drug-likeness (QED) is 0.942. The van der Waals surface area contributed by atoms with Crippen molar-refractivity contribution in [1.82, 2.24) is 9.78 Å². The van der Waals surface area contributed by atoms with E-state index in [-0.39, 0.29) is 5.56 Å². The van der Waals surface area contributed by atoms with Gasteiger partial charge in [0.25, 0.3) is 5.91 Å². The van der Waals surface area contributed by atoms with Gasteiger partial charge in [-0.05, 0) is 37.1 Å². The minimum atomic E-state index is -4.41. The Morgan fingerprint density at radius 2 is 1.91 bits per heavy atom. The van der Waals surface area contributed by atoms with Crippen molar-refractivity contribution in [3.63, 3.8) is 0 Å². The molecule has 1 aliphatic rings. The molecule has 0 saturated heterocycles. The summed E-state index contributed by atoms with van der Waals surface area (Å²) in [6.45, 7) is 0. The van der Waals surface area contributed by atoms with Crippen LogP contribution in [0.25, 0.3) is 0 Å². The molecule has 1 aromatic heterocycles. The van der Waals surface area contributed by atoms with E-state index >= 15 is 0 Å². The van der Waals surface area contributed by atoms with Crippen LogP contribution in [-0.4, -0.2) is 15.7 Å². The van der Waals surface area contributed by atoms with Crippen molar-refractivity contribution in [2.45, 2.75) is 24.9 Å². The van der Waals surface area contributed by atoms with Crippen molar-refractivity contribution in [1.29, 1.82) is 0 Å². The molecule has 1 aliphatic carbocycles. The highest BCUT2D eigenvalue weighted by Crippen LogP contribution is 2.40. The van der Waals surface area contributed by atoms with Gasteiger partial charge >= 0.3 is 6.18 Å². The van der Waals surface area contributed by atoms with Gasteiger partial charge in [0.1, 0.15) is 5.82 Å². The number of alkyl halides is 3. The molecule has 0 atom stereocenters. The molecule has 0 radical (unpaired) electrons. The highest BCUT2D eigenvalue weighted by Gasteiger charge is 2.30. The Bertz CT molecular complexity index is 700. The Balaban J connectivity index is 1.74. The zero-order valence-corrected chi connectivity index (χ0v) is 11.8. The van der Waals surface area contributed by atoms with Gasteiger partial charge in [0.2, 0.25) is 0 Å². The molecule has 1 aromatic carbocycles. The number of hydrogen-bond acceptors (Lipinski definition) is 2. The number of carbonyl (C=O) groups excluding carboxylic acids is 1. The first kappa shape index (κ1) is 14.6. The van der Waals surface area contributed by atoms with Gasteiger partial charge in [0, 0.05) is 24.6 Å². The molecule has 0 spiro atoms. The van der Waals surface area contributed by atoms with Crippen LogP contribution in [0.15, 0.2) is 30.3 Å². The monoisotopic (exact) mass is 309 g/mol. The number of nitrogens with one attached hydrogen (secondary N) is 1. The number of benzene rings is 1. The molecular formula is C15H14F3N3O. The Labute approximate surface area is 124 Å². The molecule has 3 rings (SSSR count). The van der Waals surface area contributed by atoms with Crippen LogP contribution in [0.1, 0.15) is 40.4 Å². The highest BCUT2D eigenvalue weighted by molar-refractivity contribution is 6.03. The molecule has 1 saturated carbocycles. The summed E-state index contributed by atoms with van der Waals surface area (Å²) in [5.74, 6) is 0.536. The van der Waals surface area contributed by atoms with Crippen LogP contribution >= 0.6 is 0 Å². The molecule has 116 valence electrons. The Kier molecular flexibility index (Phi) is 3.42. The van der Waals surface area contributed by atoms with Gasteiger partial charge < -0.3 is 5.32 Å². The molecule has 1 amide bonds. The standard InChI is InChI=1S/C15H14F3N3O/c1-21-13(8-12(20-21)9-2-3-9)19-14(22)10-4-6-11(7-5-10)15(16,17)18/h4-9H,2-3H2,1H3,(H,19,22). The van der Waals surface area contributed by atoms with E-state index < -0.39 is 17.6 Å². The van der Waals surface area contributed by atoms with Crippen molar-refractivity contribution < 1.29 is 18.0 Å². The first-order valence-corrected chi connectivity index (χ1v) is 6.87. The Morgan fingerprint density at radius 1 is 1.27 bits per heavy atom. The van der Waals surface area contributed by atoms with Gasteiger partial charge in [-0.3, -0.25) is 9.48 Å². The second-order valence-corrected chi connectivity index (χ2v) is 5.38. The van der Waals surface area contributed by atoms with Gasteiger partial charge in [-0.15, -0.1) is 0 Å². The van der Waals surface area contributed by atoms with Crippen LogP contribution in [0.3, 0.4) is 0 Å². The molecule has 1 N–H and O–H groups in total. The van der Waals surface area contributed by atoms with E-state index in [4.69, 9.17) is 0 Å². The zero-order chi connectivity index (χ0) is 15.9. The summed E-state index contributed by atoms with van der Waals surface area (Å²) >= 11 is 0. The smallest absolute Gasteiger partial charge is 0.307 e. The average Bonchev–Trinajstić information content (AvgIpc) is 3.24. The number of aromatic nitrogens is 2. The summed E-state index contributed by atoms with van der Waals surface area (Å²) in [6.07, 6.45) is -2.21. The molecule has 0 unspecified atom stereocenters. The lowest BCUT2D eigenvalue weighted by Crippen LogP contribution is -2.15. The number of amides is 1. The van der Waals surface area contributed by atoms with Crippen molar-refractivity contribution in [2.24, 2.45) is 7.05 Å². The largest absolute Gasteiger partial charge is 0.416 e. The van der Waals surface area contributed by atoms with Crippen LogP contribution in [0.4, 0.5) is 19.0 Å². The van der Waals surface area contributed by atoms with Crippen LogP contribution in [-0.2, 0) is 13.2 Å². The van der Waals surface area contributed by atoms with Crippen molar-refractivity contribution >= 4 is 11.7 Å². The molecule has 22 heavy (non-hydrogen) atoms. The minimum Gasteiger partial charge on any atom is -0.307 e. The van der Waals surface area contributed by atoms with Crippen molar-refractivity contribution in [2.75, 3.05) is 5.32 Å². The molecule has 2 aromatic rings. The summed E-state index contributed by atoms with van der Waals surface area (Å²) in [7, 11) is 1.72. The zero-order valence-electron chi connectivity index (χ0n) is 11.8. The van der Waals surface area contributed by atoms with E-state index in [1.807, 2.05) is 0 Å². The third-order valence-electron chi connectivity index (χ3n) is 3.61. The van der Waals surface area contributed by atoms with E-state index in [1.165, 1.54) is 0 Å². The number of nitrogens with zero attached hydrogens (tertiary/aromatic N) is 2. The van der Waals surface area contributed by atoms with E-state index in [0.29, 0.717) is 11.7 Å². The maximum atomic E-state index is 12.5. The lowest BCUT2D eigenvalue weighted by molar-refractivity contribution is -0.137. The Morgan fingerprint density at radius 3 is 2.45 bits per heavy atom. The predicted octanol–water partition coefficient (Wildman–Crippen LogP) is 3.57. The number of rotatable bonds is 3. The van der Waals surface area contributed by atoms with Crippen molar-refractivity contribution in [3.8, 4) is 0 Å². The number of hydrogen-bond donors (Lipinski definition) is 1. The minimum absolute atomic E-state index is 0.169. The molecule has 0 bridgehead atoms. The number of halogens is 3. The second kappa shape index (κ2) is 5.15. The van der Waals surface area contributed by atoms with E-state index in [0.717, 1.165) is 42.8 Å². The van der Waals surface area contributed by atoms with Gasteiger partial charge in [-0.2, -0.15) is 18.3 Å². The van der Waals surface area contributed by atoms with Crippen LogP contribution in [0.2, 0.25) is 0 Å². The summed E-state index contributed by atoms with van der Waals surface area (Å²) in [4.78, 5) is 12.1. The maximum Gasteiger partial charge on any atom is 0.416 e. The Hall–Kier alpha value is -2.31. The number of anilines is 1. The molecule has 0 aliphatic heterocycles. The first-order chi connectivity index (χ1) is 10.3. The van der Waals surface area contributed by atoms with Gasteiger partial charge in [-0.25, -0.2) is 0 Å². The topological polar surface area (TPSA) is 46.9 Å². The fourth-order valence-electron chi connectivity index (χ4n) is 2.18. The lowest BCUT2D eigenvalue weighted by atomic mass is 10.1. The van der Waals surface area contributed by atoms with Crippen LogP contribution < -0.4 is 5.32 Å². The first-order valence-electron chi connectivity index (χ1n) is 6.87. The van der Waals surface area contributed by atoms with E-state index in [1.54, 1.807) is 17.8 Å². The van der Waals surface area contributed by atoms with Gasteiger partial charge in [0.15, 0.2) is 0 Å². The summed E-state index contributed by atoms with van der Waals surface area (Å²) in [5, 5.41) is 6.99. The maximum absolute atomic E-state index is 12.5. The van der Waals surface area contributed by atoms with Gasteiger partial charge in [-0.1, -0.05) is 0 Å². The third kappa shape index (κ3) is 2.98. The summed E-state index contributed by atoms with van der Waals surface area (Å²) < 4.78 is 39.0. The number of carbonyl (C=O) groups is 1. The third-order valence-corrected chi connectivity index (χ3v) is 3.61. The molecule has 1 heterocycles. The molecule has 1 fully saturated rings. The van der Waals surface area contributed by atoms with Crippen molar-refractivity contribution in [3.05, 3.63) is 47.2 Å². The van der Waals surface area contributed by atoms with E-state index in [2.05, 4.69) is 10.4 Å². The normalized spacial score (nSPS) is 14.9. The predicted molar refractivity (Wildman–Crippen MR) is 74.6 cm³/mol. The number of aryl methyl sites for hydroxylation is 1. The second-order valence-electron chi connectivity index (χ2n) is 5.38. The summed E-state index contributed by atoms with van der Waals surface area (Å²) in [6, 6.07) is 5.92. The van der Waals surface area contributed by atoms with Crippen LogP contribution in [0, 0.1) is 0 Å². The lowest BCUT2D eigenvalue weighted by Gasteiger charge is -2.08. The fourth-order valence-corrected chi connectivity index (χ4v) is 2.18. The molecular weight excluding hydrogens is 295 g/mol. The molecule has 4 nitrogen and oxygen atoms in total. The van der Waals surface area contributed by atoms with Crippen LogP contribution in [0.5, 0.6) is 0 Å². The molecule has 7 heteroatoms. The van der Waals surface area contributed by atoms with E-state index in [9.17, 15) is 18.0 Å². The summed E-state index contributed by atoms with van der Waals surface area (Å²) in [5.41, 5.74) is 0.327. The van der Waals surface area contributed by atoms with Gasteiger partial charge in [0.05, 0.1) is 11.3 Å². The SMILES string of the molecule is Cn1nc(C2CC2)cc1NC(=O)c1ccc(C(F)(F)F)cc1.